The van der Waals surface area contributed by atoms with Gasteiger partial charge in [0.15, 0.2) is 0 Å². The minimum Gasteiger partial charge on any atom is -0.493 e. The molecular weight excluding hydrogens is 334 g/mol. The first kappa shape index (κ1) is 15.8. The van der Waals surface area contributed by atoms with Gasteiger partial charge < -0.3 is 15.5 Å². The number of primary sulfonamides is 1. The second-order valence-electron chi connectivity index (χ2n) is 4.96. The molecule has 6 N–H and O–H groups in total. The van der Waals surface area contributed by atoms with Gasteiger partial charge in [-0.2, -0.15) is 0 Å². The van der Waals surface area contributed by atoms with Gasteiger partial charge in [-0.15, -0.1) is 4.91 Å². The summed E-state index contributed by atoms with van der Waals surface area (Å²) < 4.78 is 22.4. The summed E-state index contributed by atoms with van der Waals surface area (Å²) in [5.74, 6) is -0.172. The van der Waals surface area contributed by atoms with Crippen molar-refractivity contribution >= 4 is 38.0 Å². The first-order valence-electron chi connectivity index (χ1n) is 6.72. The number of nitroso groups, excluding NO2 is 1. The third-order valence-electron chi connectivity index (χ3n) is 3.40. The topological polar surface area (TPSA) is 150 Å². The van der Waals surface area contributed by atoms with Crippen LogP contribution in [0.4, 0.5) is 17.1 Å². The average Bonchev–Trinajstić information content (AvgIpc) is 2.87. The molecule has 0 saturated carbocycles. The highest BCUT2D eigenvalue weighted by molar-refractivity contribution is 7.89. The van der Waals surface area contributed by atoms with Gasteiger partial charge in [0.1, 0.15) is 11.4 Å². The molecule has 0 spiro atoms. The lowest BCUT2D eigenvalue weighted by atomic mass is 10.2. The molecule has 2 aromatic carbocycles. The lowest BCUT2D eigenvalue weighted by Crippen LogP contribution is -2.12. The van der Waals surface area contributed by atoms with Gasteiger partial charge in [0.2, 0.25) is 15.9 Å². The molecule has 0 atom stereocenters. The van der Waals surface area contributed by atoms with Crippen LogP contribution >= 0.6 is 0 Å². The molecule has 10 heteroatoms. The van der Waals surface area contributed by atoms with Gasteiger partial charge in [-0.25, -0.2) is 13.6 Å². The Morgan fingerprint density at radius 3 is 2.42 bits per heavy atom. The molecule has 9 nitrogen and oxygen atoms in total. The van der Waals surface area contributed by atoms with Crippen molar-refractivity contribution in [2.45, 2.75) is 4.90 Å². The Kier molecular flexibility index (Phi) is 3.83. The van der Waals surface area contributed by atoms with Gasteiger partial charge in [-0.05, 0) is 41.6 Å². The van der Waals surface area contributed by atoms with E-state index in [1.165, 1.54) is 30.3 Å². The number of nitrogens with one attached hydrogen (secondary N) is 3. The molecule has 124 valence electrons. The van der Waals surface area contributed by atoms with Gasteiger partial charge >= 0.3 is 0 Å². The third-order valence-corrected chi connectivity index (χ3v) is 4.32. The van der Waals surface area contributed by atoms with Crippen LogP contribution in [0.15, 0.2) is 52.5 Å². The Hall–Kier alpha value is -3.11. The van der Waals surface area contributed by atoms with Crippen molar-refractivity contribution in [1.82, 2.24) is 4.98 Å². The van der Waals surface area contributed by atoms with Crippen molar-refractivity contribution in [3.63, 3.8) is 0 Å². The highest BCUT2D eigenvalue weighted by Crippen LogP contribution is 2.38. The average molecular weight is 347 g/mol. The van der Waals surface area contributed by atoms with E-state index in [4.69, 9.17) is 5.14 Å². The molecule has 1 aromatic heterocycles. The fraction of sp³-hybridized carbons (Fsp3) is 0. The van der Waals surface area contributed by atoms with Crippen LogP contribution in [0.2, 0.25) is 0 Å². The van der Waals surface area contributed by atoms with E-state index in [9.17, 15) is 18.4 Å². The Balaban J connectivity index is 1.88. The summed E-state index contributed by atoms with van der Waals surface area (Å²) in [5.41, 5.74) is 7.05. The third kappa shape index (κ3) is 2.87. The van der Waals surface area contributed by atoms with Crippen molar-refractivity contribution in [3.05, 3.63) is 47.4 Å². The number of rotatable bonds is 5. The summed E-state index contributed by atoms with van der Waals surface area (Å²) in [5, 5.41) is 18.4. The first-order valence-corrected chi connectivity index (χ1v) is 8.26. The number of hydrogen-bond donors (Lipinski definition) is 5. The van der Waals surface area contributed by atoms with Crippen molar-refractivity contribution in [3.8, 4) is 5.88 Å². The zero-order valence-corrected chi connectivity index (χ0v) is 13.0. The molecule has 1 heterocycles. The number of benzene rings is 2. The predicted octanol–water partition coefficient (Wildman–Crippen LogP) is 2.36. The maximum atomic E-state index is 11.2. The lowest BCUT2D eigenvalue weighted by Gasteiger charge is -2.10. The van der Waals surface area contributed by atoms with Crippen LogP contribution in [0.5, 0.6) is 5.88 Å². The molecule has 0 bridgehead atoms. The van der Waals surface area contributed by atoms with E-state index in [1.807, 2.05) is 0 Å². The van der Waals surface area contributed by atoms with Gasteiger partial charge in [-0.3, -0.25) is 5.43 Å². The number of hydrogen-bond acceptors (Lipinski definition) is 7. The number of H-pyrrole nitrogens is 1. The number of aromatic hydroxyl groups is 1. The summed E-state index contributed by atoms with van der Waals surface area (Å²) >= 11 is 0. The van der Waals surface area contributed by atoms with E-state index in [0.29, 0.717) is 16.6 Å². The van der Waals surface area contributed by atoms with Crippen LogP contribution in [0.25, 0.3) is 10.9 Å². The molecule has 0 radical (unpaired) electrons. The monoisotopic (exact) mass is 347 g/mol. The number of fused-ring (bicyclic) bond motifs is 1. The number of nitrogens with two attached hydrogens (primary N) is 1. The number of sulfonamides is 1. The zero-order valence-electron chi connectivity index (χ0n) is 12.1. The quantitative estimate of drug-likeness (QED) is 0.353. The molecule has 0 aliphatic heterocycles. The largest absolute Gasteiger partial charge is 0.493 e. The predicted molar refractivity (Wildman–Crippen MR) is 90.5 cm³/mol. The number of nitrogens with zero attached hydrogens (tertiary/aromatic N) is 1. The molecule has 3 rings (SSSR count). The Morgan fingerprint density at radius 1 is 1.08 bits per heavy atom. The summed E-state index contributed by atoms with van der Waals surface area (Å²) in [4.78, 5) is 13.6. The van der Waals surface area contributed by atoms with E-state index in [0.717, 1.165) is 0 Å². The molecule has 24 heavy (non-hydrogen) atoms. The van der Waals surface area contributed by atoms with Gasteiger partial charge in [0.25, 0.3) is 0 Å². The van der Waals surface area contributed by atoms with E-state index in [2.05, 4.69) is 21.0 Å². The molecule has 0 saturated heterocycles. The van der Waals surface area contributed by atoms with E-state index < -0.39 is 10.0 Å². The summed E-state index contributed by atoms with van der Waals surface area (Å²) in [6, 6.07) is 10.5. The Labute approximate surface area is 136 Å². The molecule has 0 unspecified atom stereocenters. The van der Waals surface area contributed by atoms with Crippen molar-refractivity contribution in [1.29, 1.82) is 0 Å². The number of aromatic nitrogens is 1. The number of hydrazine groups is 1. The van der Waals surface area contributed by atoms with E-state index >= 15 is 0 Å². The van der Waals surface area contributed by atoms with Crippen LogP contribution in [0, 0.1) is 4.91 Å². The van der Waals surface area contributed by atoms with Crippen molar-refractivity contribution in [2.75, 3.05) is 10.9 Å². The van der Waals surface area contributed by atoms with E-state index in [1.54, 1.807) is 12.1 Å². The molecular formula is C14H13N5O4S. The molecule has 0 amide bonds. The summed E-state index contributed by atoms with van der Waals surface area (Å²) in [7, 11) is -3.76. The SMILES string of the molecule is NS(=O)(=O)c1ccc(NNc2c(O)[nH]c3cccc(N=O)c23)cc1. The van der Waals surface area contributed by atoms with E-state index in [-0.39, 0.29) is 22.2 Å². The zero-order chi connectivity index (χ0) is 17.3. The van der Waals surface area contributed by atoms with Crippen LogP contribution in [0.1, 0.15) is 0 Å². The first-order chi connectivity index (χ1) is 11.4. The van der Waals surface area contributed by atoms with Crippen LogP contribution < -0.4 is 16.0 Å². The highest BCUT2D eigenvalue weighted by atomic mass is 32.2. The van der Waals surface area contributed by atoms with Crippen molar-refractivity contribution < 1.29 is 13.5 Å². The highest BCUT2D eigenvalue weighted by Gasteiger charge is 2.15. The molecule has 3 aromatic rings. The fourth-order valence-electron chi connectivity index (χ4n) is 2.28. The van der Waals surface area contributed by atoms with Crippen LogP contribution in [-0.4, -0.2) is 18.5 Å². The number of aromatic amines is 1. The fourth-order valence-corrected chi connectivity index (χ4v) is 2.79. The smallest absolute Gasteiger partial charge is 0.238 e. The maximum absolute atomic E-state index is 11.2. The molecule has 0 aliphatic carbocycles. The Bertz CT molecular complexity index is 1010. The summed E-state index contributed by atoms with van der Waals surface area (Å²) in [6.07, 6.45) is 0. The van der Waals surface area contributed by atoms with Gasteiger partial charge in [0.05, 0.1) is 21.5 Å². The van der Waals surface area contributed by atoms with Gasteiger partial charge in [0, 0.05) is 0 Å². The molecule has 0 aliphatic rings. The van der Waals surface area contributed by atoms with Gasteiger partial charge in [-0.1, -0.05) is 6.07 Å². The standard InChI is InChI=1S/C14H13N5O4S/c15-24(22,23)9-6-4-8(5-7-9)17-18-13-12-10(16-14(13)20)2-1-3-11(12)19-21/h1-7,16-18,20H,(H2,15,22,23). The maximum Gasteiger partial charge on any atom is 0.238 e. The summed E-state index contributed by atoms with van der Waals surface area (Å²) in [6.45, 7) is 0. The van der Waals surface area contributed by atoms with Crippen LogP contribution in [0.3, 0.4) is 0 Å². The Morgan fingerprint density at radius 2 is 1.79 bits per heavy atom. The lowest BCUT2D eigenvalue weighted by molar-refractivity contribution is 0.460. The normalized spacial score (nSPS) is 11.4. The van der Waals surface area contributed by atoms with Crippen LogP contribution in [-0.2, 0) is 10.0 Å². The number of anilines is 2. The minimum atomic E-state index is -3.76. The molecule has 0 fully saturated rings. The second-order valence-corrected chi connectivity index (χ2v) is 6.52. The minimum absolute atomic E-state index is 0.0181. The van der Waals surface area contributed by atoms with Crippen molar-refractivity contribution in [2.24, 2.45) is 10.3 Å². The second kappa shape index (κ2) is 5.83.